The van der Waals surface area contributed by atoms with Crippen molar-refractivity contribution in [2.45, 2.75) is 19.3 Å². The van der Waals surface area contributed by atoms with Crippen molar-refractivity contribution in [1.29, 1.82) is 0 Å². The summed E-state index contributed by atoms with van der Waals surface area (Å²) in [6.45, 7) is 0. The van der Waals surface area contributed by atoms with Gasteiger partial charge in [-0.1, -0.05) is 41.7 Å². The first-order chi connectivity index (χ1) is 10.8. The number of aryl methyl sites for hydroxylation is 2. The number of rotatable bonds is 1. The molecule has 0 radical (unpaired) electrons. The highest BCUT2D eigenvalue weighted by Crippen LogP contribution is 2.34. The van der Waals surface area contributed by atoms with E-state index in [1.165, 1.54) is 0 Å². The van der Waals surface area contributed by atoms with Crippen LogP contribution < -0.4 is 5.32 Å². The van der Waals surface area contributed by atoms with Crippen molar-refractivity contribution in [2.75, 3.05) is 12.4 Å². The van der Waals surface area contributed by atoms with Crippen LogP contribution in [0, 0.1) is 0 Å². The van der Waals surface area contributed by atoms with Crippen molar-refractivity contribution < 1.29 is 4.79 Å². The monoisotopic (exact) mass is 308 g/mol. The van der Waals surface area contributed by atoms with Gasteiger partial charge in [0.2, 0.25) is 0 Å². The molecule has 1 aliphatic rings. The van der Waals surface area contributed by atoms with E-state index in [0.29, 0.717) is 0 Å². The Kier molecular flexibility index (Phi) is 3.19. The van der Waals surface area contributed by atoms with Crippen LogP contribution in [0.25, 0.3) is 10.2 Å². The molecule has 1 aliphatic carbocycles. The fraction of sp³-hybridized carbons (Fsp3) is 0.222. The predicted octanol–water partition coefficient (Wildman–Crippen LogP) is 4.06. The average molecular weight is 308 g/mol. The van der Waals surface area contributed by atoms with Gasteiger partial charge in [0.25, 0.3) is 0 Å². The Bertz CT molecular complexity index is 882. The van der Waals surface area contributed by atoms with Gasteiger partial charge in [0.05, 0.1) is 10.2 Å². The zero-order valence-corrected chi connectivity index (χ0v) is 13.2. The topological polar surface area (TPSA) is 42.0 Å². The molecular weight excluding hydrogens is 292 g/mol. The summed E-state index contributed by atoms with van der Waals surface area (Å²) in [5.74, 6) is 0.141. The number of anilines is 1. The smallest absolute Gasteiger partial charge is 0.195 e. The number of thiazole rings is 1. The summed E-state index contributed by atoms with van der Waals surface area (Å²) in [5.41, 5.74) is 4.91. The fourth-order valence-electron chi connectivity index (χ4n) is 3.16. The average Bonchev–Trinajstić information content (AvgIpc) is 2.96. The summed E-state index contributed by atoms with van der Waals surface area (Å²) in [7, 11) is 1.86. The number of aromatic nitrogens is 1. The SMILES string of the molecule is CNc1nc2ccc3c(c2s1)C(=O)c1ccccc1CCC3. The molecule has 110 valence electrons. The highest BCUT2D eigenvalue weighted by Gasteiger charge is 2.23. The molecule has 0 saturated carbocycles. The molecular formula is C18H16N2OS. The number of hydrogen-bond acceptors (Lipinski definition) is 4. The Morgan fingerprint density at radius 2 is 1.91 bits per heavy atom. The second-order valence-electron chi connectivity index (χ2n) is 5.56. The maximum atomic E-state index is 13.2. The van der Waals surface area contributed by atoms with Crippen molar-refractivity contribution in [3.63, 3.8) is 0 Å². The molecule has 0 saturated heterocycles. The second-order valence-corrected chi connectivity index (χ2v) is 6.56. The summed E-state index contributed by atoms with van der Waals surface area (Å²) in [6, 6.07) is 12.1. The first-order valence-corrected chi connectivity index (χ1v) is 8.32. The molecule has 1 aromatic heterocycles. The lowest BCUT2D eigenvalue weighted by molar-refractivity contribution is 0.103. The second kappa shape index (κ2) is 5.21. The number of benzene rings is 2. The van der Waals surface area contributed by atoms with E-state index >= 15 is 0 Å². The largest absolute Gasteiger partial charge is 0.365 e. The van der Waals surface area contributed by atoms with Crippen LogP contribution in [0.4, 0.5) is 5.13 Å². The highest BCUT2D eigenvalue weighted by atomic mass is 32.1. The summed E-state index contributed by atoms with van der Waals surface area (Å²) >= 11 is 1.56. The molecule has 1 heterocycles. The van der Waals surface area contributed by atoms with Crippen LogP contribution in [0.5, 0.6) is 0 Å². The number of carbonyl (C=O) groups excluding carboxylic acids is 1. The minimum atomic E-state index is 0.141. The standard InChI is InChI=1S/C18H16N2OS/c1-19-18-20-14-10-9-12-7-4-6-11-5-2-3-8-13(11)16(21)15(12)17(14)22-18/h2-3,5,8-10H,4,6-7H2,1H3,(H,19,20). The molecule has 0 bridgehead atoms. The summed E-state index contributed by atoms with van der Waals surface area (Å²) < 4.78 is 1.00. The Morgan fingerprint density at radius 1 is 1.09 bits per heavy atom. The third-order valence-corrected chi connectivity index (χ3v) is 5.35. The molecule has 1 N–H and O–H groups in total. The quantitative estimate of drug-likeness (QED) is 0.737. The Hall–Kier alpha value is -2.20. The zero-order valence-electron chi connectivity index (χ0n) is 12.3. The van der Waals surface area contributed by atoms with Crippen molar-refractivity contribution >= 4 is 32.5 Å². The van der Waals surface area contributed by atoms with Gasteiger partial charge in [-0.2, -0.15) is 0 Å². The molecule has 3 nitrogen and oxygen atoms in total. The zero-order chi connectivity index (χ0) is 15.1. The molecule has 0 spiro atoms. The number of ketones is 1. The number of carbonyl (C=O) groups is 1. The van der Waals surface area contributed by atoms with E-state index in [1.54, 1.807) is 11.3 Å². The lowest BCUT2D eigenvalue weighted by Crippen LogP contribution is -2.12. The van der Waals surface area contributed by atoms with Crippen LogP contribution in [0.15, 0.2) is 36.4 Å². The van der Waals surface area contributed by atoms with Gasteiger partial charge in [-0.15, -0.1) is 0 Å². The molecule has 0 amide bonds. The van der Waals surface area contributed by atoms with Crippen LogP contribution in [-0.2, 0) is 12.8 Å². The first-order valence-electron chi connectivity index (χ1n) is 7.50. The molecule has 4 rings (SSSR count). The van der Waals surface area contributed by atoms with E-state index in [-0.39, 0.29) is 5.78 Å². The van der Waals surface area contributed by atoms with Crippen molar-refractivity contribution in [2.24, 2.45) is 0 Å². The van der Waals surface area contributed by atoms with Crippen LogP contribution in [0.2, 0.25) is 0 Å². The Labute approximate surface area is 133 Å². The van der Waals surface area contributed by atoms with E-state index in [9.17, 15) is 4.79 Å². The van der Waals surface area contributed by atoms with E-state index < -0.39 is 0 Å². The number of nitrogens with zero attached hydrogens (tertiary/aromatic N) is 1. The maximum Gasteiger partial charge on any atom is 0.195 e. The maximum absolute atomic E-state index is 13.2. The molecule has 22 heavy (non-hydrogen) atoms. The van der Waals surface area contributed by atoms with Crippen molar-refractivity contribution in [3.05, 3.63) is 58.7 Å². The van der Waals surface area contributed by atoms with Gasteiger partial charge in [-0.25, -0.2) is 4.98 Å². The van der Waals surface area contributed by atoms with Crippen LogP contribution >= 0.6 is 11.3 Å². The van der Waals surface area contributed by atoms with E-state index in [0.717, 1.165) is 56.9 Å². The third-order valence-electron chi connectivity index (χ3n) is 4.24. The number of hydrogen-bond donors (Lipinski definition) is 1. The molecule has 2 aromatic carbocycles. The van der Waals surface area contributed by atoms with Gasteiger partial charge in [0, 0.05) is 18.2 Å². The van der Waals surface area contributed by atoms with Gasteiger partial charge in [-0.05, 0) is 36.5 Å². The van der Waals surface area contributed by atoms with Crippen LogP contribution in [0.1, 0.15) is 33.5 Å². The number of fused-ring (bicyclic) bond motifs is 4. The molecule has 0 fully saturated rings. The molecule has 4 heteroatoms. The lowest BCUT2D eigenvalue weighted by atomic mass is 9.88. The van der Waals surface area contributed by atoms with Gasteiger partial charge in [0.1, 0.15) is 0 Å². The minimum absolute atomic E-state index is 0.141. The first kappa shape index (κ1) is 13.5. The van der Waals surface area contributed by atoms with Crippen LogP contribution in [0.3, 0.4) is 0 Å². The van der Waals surface area contributed by atoms with Gasteiger partial charge >= 0.3 is 0 Å². The Morgan fingerprint density at radius 3 is 2.77 bits per heavy atom. The summed E-state index contributed by atoms with van der Waals surface area (Å²) in [4.78, 5) is 17.7. The molecule has 3 aromatic rings. The normalized spacial score (nSPS) is 14.1. The minimum Gasteiger partial charge on any atom is -0.365 e. The summed E-state index contributed by atoms with van der Waals surface area (Å²) in [6.07, 6.45) is 2.97. The van der Waals surface area contributed by atoms with E-state index in [1.807, 2.05) is 31.3 Å². The molecule has 0 aliphatic heterocycles. The predicted molar refractivity (Wildman–Crippen MR) is 91.1 cm³/mol. The highest BCUT2D eigenvalue weighted by molar-refractivity contribution is 7.22. The van der Waals surface area contributed by atoms with E-state index in [4.69, 9.17) is 0 Å². The molecule has 0 atom stereocenters. The van der Waals surface area contributed by atoms with E-state index in [2.05, 4.69) is 22.4 Å². The van der Waals surface area contributed by atoms with Gasteiger partial charge in [-0.3, -0.25) is 4.79 Å². The fourth-order valence-corrected chi connectivity index (χ4v) is 4.14. The molecule has 0 unspecified atom stereocenters. The van der Waals surface area contributed by atoms with Gasteiger partial charge in [0.15, 0.2) is 10.9 Å². The summed E-state index contributed by atoms with van der Waals surface area (Å²) in [5, 5.41) is 3.93. The van der Waals surface area contributed by atoms with Gasteiger partial charge < -0.3 is 5.32 Å². The van der Waals surface area contributed by atoms with Crippen LogP contribution in [-0.4, -0.2) is 17.8 Å². The van der Waals surface area contributed by atoms with Crippen molar-refractivity contribution in [3.8, 4) is 0 Å². The van der Waals surface area contributed by atoms with Crippen molar-refractivity contribution in [1.82, 2.24) is 4.98 Å². The third kappa shape index (κ3) is 2.03. The number of nitrogens with one attached hydrogen (secondary N) is 1. The Balaban J connectivity index is 2.00. The lowest BCUT2D eigenvalue weighted by Gasteiger charge is -2.16.